The van der Waals surface area contributed by atoms with Crippen LogP contribution in [0.3, 0.4) is 0 Å². The van der Waals surface area contributed by atoms with E-state index in [4.69, 9.17) is 5.73 Å². The van der Waals surface area contributed by atoms with E-state index in [-0.39, 0.29) is 5.91 Å². The van der Waals surface area contributed by atoms with Gasteiger partial charge in [0, 0.05) is 31.2 Å². The number of primary amides is 1. The molecule has 2 heterocycles. The van der Waals surface area contributed by atoms with Crippen LogP contribution in [0, 0.1) is 0 Å². The quantitative estimate of drug-likeness (QED) is 0.871. The molecule has 3 N–H and O–H groups in total. The molecule has 0 radical (unpaired) electrons. The SMILES string of the molecule is CC(C(=O)Nc1ccc(C(N)=O)c(N2CCCCC2)c1)n1cccn1. The number of anilines is 2. The number of benzene rings is 1. The Morgan fingerprint density at radius 3 is 2.64 bits per heavy atom. The van der Waals surface area contributed by atoms with E-state index in [1.54, 1.807) is 42.2 Å². The summed E-state index contributed by atoms with van der Waals surface area (Å²) in [4.78, 5) is 26.4. The maximum atomic E-state index is 12.4. The molecular formula is C18H23N5O2. The summed E-state index contributed by atoms with van der Waals surface area (Å²) in [5, 5.41) is 6.99. The molecule has 1 atom stereocenters. The van der Waals surface area contributed by atoms with Crippen molar-refractivity contribution >= 4 is 23.2 Å². The highest BCUT2D eigenvalue weighted by Crippen LogP contribution is 2.28. The number of nitrogens with two attached hydrogens (primary N) is 1. The third-order valence-corrected chi connectivity index (χ3v) is 4.53. The zero-order valence-electron chi connectivity index (χ0n) is 14.3. The topological polar surface area (TPSA) is 93.2 Å². The van der Waals surface area contributed by atoms with Gasteiger partial charge in [0.2, 0.25) is 5.91 Å². The van der Waals surface area contributed by atoms with E-state index in [0.29, 0.717) is 11.3 Å². The molecule has 0 bridgehead atoms. The summed E-state index contributed by atoms with van der Waals surface area (Å²) in [5.74, 6) is -0.622. The molecule has 1 aliphatic heterocycles. The van der Waals surface area contributed by atoms with Crippen LogP contribution in [-0.4, -0.2) is 34.7 Å². The number of amides is 2. The Hall–Kier alpha value is -2.83. The smallest absolute Gasteiger partial charge is 0.250 e. The highest BCUT2D eigenvalue weighted by atomic mass is 16.2. The predicted molar refractivity (Wildman–Crippen MR) is 96.6 cm³/mol. The van der Waals surface area contributed by atoms with Gasteiger partial charge < -0.3 is 16.0 Å². The van der Waals surface area contributed by atoms with Gasteiger partial charge in [-0.1, -0.05) is 0 Å². The van der Waals surface area contributed by atoms with Crippen molar-refractivity contribution in [3.63, 3.8) is 0 Å². The van der Waals surface area contributed by atoms with Gasteiger partial charge >= 0.3 is 0 Å². The largest absolute Gasteiger partial charge is 0.371 e. The molecule has 7 nitrogen and oxygen atoms in total. The fourth-order valence-corrected chi connectivity index (χ4v) is 3.09. The molecule has 1 aromatic heterocycles. The van der Waals surface area contributed by atoms with Crippen molar-refractivity contribution in [3.8, 4) is 0 Å². The van der Waals surface area contributed by atoms with E-state index < -0.39 is 11.9 Å². The van der Waals surface area contributed by atoms with Crippen LogP contribution in [-0.2, 0) is 4.79 Å². The van der Waals surface area contributed by atoms with Crippen LogP contribution in [0.25, 0.3) is 0 Å². The van der Waals surface area contributed by atoms with Crippen LogP contribution >= 0.6 is 0 Å². The van der Waals surface area contributed by atoms with Gasteiger partial charge in [0.25, 0.3) is 5.91 Å². The zero-order chi connectivity index (χ0) is 17.8. The summed E-state index contributed by atoms with van der Waals surface area (Å²) in [7, 11) is 0. The second-order valence-electron chi connectivity index (χ2n) is 6.30. The van der Waals surface area contributed by atoms with E-state index >= 15 is 0 Å². The van der Waals surface area contributed by atoms with Crippen molar-refractivity contribution < 1.29 is 9.59 Å². The van der Waals surface area contributed by atoms with Gasteiger partial charge in [0.15, 0.2) is 0 Å². The van der Waals surface area contributed by atoms with Crippen LogP contribution < -0.4 is 16.0 Å². The lowest BCUT2D eigenvalue weighted by Crippen LogP contribution is -2.32. The average Bonchev–Trinajstić information content (AvgIpc) is 3.16. The Morgan fingerprint density at radius 1 is 1.24 bits per heavy atom. The number of carbonyl (C=O) groups excluding carboxylic acids is 2. The molecule has 1 saturated heterocycles. The van der Waals surface area contributed by atoms with Crippen molar-refractivity contribution in [1.82, 2.24) is 9.78 Å². The molecule has 25 heavy (non-hydrogen) atoms. The molecule has 1 aromatic carbocycles. The van der Waals surface area contributed by atoms with Gasteiger partial charge in [0.1, 0.15) is 6.04 Å². The Morgan fingerprint density at radius 2 is 2.00 bits per heavy atom. The molecule has 1 unspecified atom stereocenters. The van der Waals surface area contributed by atoms with Crippen LogP contribution in [0.2, 0.25) is 0 Å². The molecule has 1 fully saturated rings. The lowest BCUT2D eigenvalue weighted by molar-refractivity contribution is -0.119. The number of rotatable bonds is 5. The van der Waals surface area contributed by atoms with Crippen LogP contribution in [0.4, 0.5) is 11.4 Å². The van der Waals surface area contributed by atoms with E-state index in [0.717, 1.165) is 31.6 Å². The summed E-state index contributed by atoms with van der Waals surface area (Å²) in [6.07, 6.45) is 6.76. The van der Waals surface area contributed by atoms with Crippen molar-refractivity contribution in [1.29, 1.82) is 0 Å². The van der Waals surface area contributed by atoms with E-state index in [9.17, 15) is 9.59 Å². The van der Waals surface area contributed by atoms with Gasteiger partial charge in [-0.3, -0.25) is 14.3 Å². The number of nitrogens with zero attached hydrogens (tertiary/aromatic N) is 3. The predicted octanol–water partition coefficient (Wildman–Crippen LogP) is 2.17. The summed E-state index contributed by atoms with van der Waals surface area (Å²) >= 11 is 0. The first-order valence-electron chi connectivity index (χ1n) is 8.55. The normalized spacial score (nSPS) is 15.6. The van der Waals surface area contributed by atoms with E-state index in [1.165, 1.54) is 6.42 Å². The number of aromatic nitrogens is 2. The second kappa shape index (κ2) is 7.38. The van der Waals surface area contributed by atoms with Crippen molar-refractivity contribution in [2.75, 3.05) is 23.3 Å². The average molecular weight is 341 g/mol. The van der Waals surface area contributed by atoms with Gasteiger partial charge in [-0.15, -0.1) is 0 Å². The van der Waals surface area contributed by atoms with Gasteiger partial charge in [-0.05, 0) is 50.5 Å². The fourth-order valence-electron chi connectivity index (χ4n) is 3.09. The van der Waals surface area contributed by atoms with E-state index in [1.807, 2.05) is 6.07 Å². The second-order valence-corrected chi connectivity index (χ2v) is 6.30. The summed E-state index contributed by atoms with van der Waals surface area (Å²) in [6, 6.07) is 6.57. The summed E-state index contributed by atoms with van der Waals surface area (Å²) in [6.45, 7) is 3.56. The Labute approximate surface area is 146 Å². The molecule has 0 saturated carbocycles. The molecule has 1 aliphatic rings. The summed E-state index contributed by atoms with van der Waals surface area (Å²) < 4.78 is 1.60. The third-order valence-electron chi connectivity index (χ3n) is 4.53. The standard InChI is InChI=1S/C18H23N5O2/c1-13(23-11-5-8-20-23)18(25)21-14-6-7-15(17(19)24)16(12-14)22-9-3-2-4-10-22/h5-8,11-13H,2-4,9-10H2,1H3,(H2,19,24)(H,21,25). The minimum atomic E-state index is -0.455. The maximum Gasteiger partial charge on any atom is 0.250 e. The van der Waals surface area contributed by atoms with Crippen LogP contribution in [0.1, 0.15) is 42.6 Å². The molecule has 7 heteroatoms. The van der Waals surface area contributed by atoms with Gasteiger partial charge in [-0.2, -0.15) is 5.10 Å². The molecule has 0 spiro atoms. The highest BCUT2D eigenvalue weighted by molar-refractivity contribution is 6.01. The highest BCUT2D eigenvalue weighted by Gasteiger charge is 2.20. The Bertz CT molecular complexity index is 751. The zero-order valence-corrected chi connectivity index (χ0v) is 14.3. The third kappa shape index (κ3) is 3.81. The molecule has 0 aliphatic carbocycles. The Kier molecular flexibility index (Phi) is 5.02. The minimum absolute atomic E-state index is 0.167. The van der Waals surface area contributed by atoms with Crippen molar-refractivity contribution in [2.45, 2.75) is 32.2 Å². The monoisotopic (exact) mass is 341 g/mol. The number of carbonyl (C=O) groups is 2. The van der Waals surface area contributed by atoms with Crippen molar-refractivity contribution in [2.24, 2.45) is 5.73 Å². The van der Waals surface area contributed by atoms with Gasteiger partial charge in [0.05, 0.1) is 11.3 Å². The lowest BCUT2D eigenvalue weighted by atomic mass is 10.1. The molecule has 2 aromatic rings. The fraction of sp³-hybridized carbons (Fsp3) is 0.389. The number of hydrogen-bond donors (Lipinski definition) is 2. The number of nitrogens with one attached hydrogen (secondary N) is 1. The molecular weight excluding hydrogens is 318 g/mol. The number of piperidine rings is 1. The number of hydrogen-bond acceptors (Lipinski definition) is 4. The summed E-state index contributed by atoms with van der Waals surface area (Å²) in [5.41, 5.74) is 7.44. The Balaban J connectivity index is 1.82. The van der Waals surface area contributed by atoms with Crippen LogP contribution in [0.5, 0.6) is 0 Å². The minimum Gasteiger partial charge on any atom is -0.371 e. The molecule has 3 rings (SSSR count). The first-order chi connectivity index (χ1) is 12.1. The lowest BCUT2D eigenvalue weighted by Gasteiger charge is -2.30. The first kappa shape index (κ1) is 17.0. The van der Waals surface area contributed by atoms with Crippen molar-refractivity contribution in [3.05, 3.63) is 42.2 Å². The first-order valence-corrected chi connectivity index (χ1v) is 8.55. The maximum absolute atomic E-state index is 12.4. The van der Waals surface area contributed by atoms with Gasteiger partial charge in [-0.25, -0.2) is 0 Å². The van der Waals surface area contributed by atoms with Crippen LogP contribution in [0.15, 0.2) is 36.7 Å². The molecule has 2 amide bonds. The molecule has 132 valence electrons. The van der Waals surface area contributed by atoms with E-state index in [2.05, 4.69) is 15.3 Å².